The Kier molecular flexibility index (Phi) is 2.44. The summed E-state index contributed by atoms with van der Waals surface area (Å²) in [5.41, 5.74) is 2.11. The number of H-pyrrole nitrogens is 1. The van der Waals surface area contributed by atoms with Crippen LogP contribution in [0.4, 0.5) is 0 Å². The van der Waals surface area contributed by atoms with Crippen LogP contribution in [0.1, 0.15) is 16.3 Å². The molecule has 0 aliphatic heterocycles. The normalized spacial score (nSPS) is 10.6. The third kappa shape index (κ3) is 1.85. The van der Waals surface area contributed by atoms with Crippen molar-refractivity contribution < 1.29 is 0 Å². The summed E-state index contributed by atoms with van der Waals surface area (Å²) in [6.07, 6.45) is 0. The summed E-state index contributed by atoms with van der Waals surface area (Å²) in [4.78, 5) is 20.9. The predicted molar refractivity (Wildman–Crippen MR) is 62.4 cm³/mol. The second-order valence-electron chi connectivity index (χ2n) is 3.54. The van der Waals surface area contributed by atoms with Crippen molar-refractivity contribution in [3.05, 3.63) is 38.8 Å². The second-order valence-corrected chi connectivity index (χ2v) is 4.82. The van der Waals surface area contributed by atoms with E-state index in [1.807, 2.05) is 32.9 Å². The Hall–Kier alpha value is -1.42. The first kappa shape index (κ1) is 10.1. The molecule has 15 heavy (non-hydrogen) atoms. The van der Waals surface area contributed by atoms with E-state index >= 15 is 0 Å². The van der Waals surface area contributed by atoms with Gasteiger partial charge in [-0.25, -0.2) is 4.98 Å². The molecule has 0 fully saturated rings. The standard InChI is InChI=1S/C11H12N2OS/c1-6-4-5-9(15-6)10-11(14)13-8(3)7(2)12-10/h4-5H,1-3H3,(H,13,14). The van der Waals surface area contributed by atoms with E-state index in [2.05, 4.69) is 9.97 Å². The maximum absolute atomic E-state index is 11.7. The van der Waals surface area contributed by atoms with Crippen molar-refractivity contribution >= 4 is 11.3 Å². The quantitative estimate of drug-likeness (QED) is 0.802. The number of rotatable bonds is 1. The summed E-state index contributed by atoms with van der Waals surface area (Å²) in [7, 11) is 0. The van der Waals surface area contributed by atoms with Gasteiger partial charge >= 0.3 is 0 Å². The van der Waals surface area contributed by atoms with Crippen molar-refractivity contribution in [1.29, 1.82) is 0 Å². The molecule has 3 nitrogen and oxygen atoms in total. The van der Waals surface area contributed by atoms with Crippen molar-refractivity contribution in [2.75, 3.05) is 0 Å². The van der Waals surface area contributed by atoms with E-state index < -0.39 is 0 Å². The fourth-order valence-corrected chi connectivity index (χ4v) is 2.21. The first-order valence-corrected chi connectivity index (χ1v) is 5.54. The highest BCUT2D eigenvalue weighted by molar-refractivity contribution is 7.15. The zero-order valence-electron chi connectivity index (χ0n) is 8.92. The number of thiophene rings is 1. The lowest BCUT2D eigenvalue weighted by molar-refractivity contribution is 1.02. The number of aryl methyl sites for hydroxylation is 3. The molecule has 78 valence electrons. The van der Waals surface area contributed by atoms with Gasteiger partial charge in [-0.3, -0.25) is 4.79 Å². The molecular weight excluding hydrogens is 208 g/mol. The summed E-state index contributed by atoms with van der Waals surface area (Å²) in [5.74, 6) is 0. The number of aromatic nitrogens is 2. The van der Waals surface area contributed by atoms with Crippen molar-refractivity contribution in [2.45, 2.75) is 20.8 Å². The summed E-state index contributed by atoms with van der Waals surface area (Å²) in [6, 6.07) is 3.93. The molecule has 0 amide bonds. The summed E-state index contributed by atoms with van der Waals surface area (Å²) in [5, 5.41) is 0. The van der Waals surface area contributed by atoms with E-state index in [1.54, 1.807) is 11.3 Å². The Morgan fingerprint density at radius 1 is 1.27 bits per heavy atom. The van der Waals surface area contributed by atoms with Crippen LogP contribution >= 0.6 is 11.3 Å². The number of aromatic amines is 1. The lowest BCUT2D eigenvalue weighted by Gasteiger charge is -2.01. The van der Waals surface area contributed by atoms with Gasteiger partial charge in [0.05, 0.1) is 10.6 Å². The van der Waals surface area contributed by atoms with Crippen LogP contribution in [0.25, 0.3) is 10.6 Å². The molecule has 0 bridgehead atoms. The van der Waals surface area contributed by atoms with Gasteiger partial charge in [-0.1, -0.05) is 0 Å². The van der Waals surface area contributed by atoms with Gasteiger partial charge in [0.1, 0.15) is 5.69 Å². The Labute approximate surface area is 91.8 Å². The molecule has 0 unspecified atom stereocenters. The first-order valence-electron chi connectivity index (χ1n) is 4.72. The van der Waals surface area contributed by atoms with E-state index in [0.717, 1.165) is 16.3 Å². The Bertz CT molecular complexity index is 554. The maximum Gasteiger partial charge on any atom is 0.275 e. The van der Waals surface area contributed by atoms with Gasteiger partial charge in [-0.15, -0.1) is 11.3 Å². The minimum Gasteiger partial charge on any atom is -0.323 e. The molecule has 0 spiro atoms. The van der Waals surface area contributed by atoms with Gasteiger partial charge in [0, 0.05) is 10.6 Å². The third-order valence-corrected chi connectivity index (χ3v) is 3.32. The molecule has 0 aromatic carbocycles. The third-order valence-electron chi connectivity index (χ3n) is 2.31. The number of nitrogens with zero attached hydrogens (tertiary/aromatic N) is 1. The summed E-state index contributed by atoms with van der Waals surface area (Å²) < 4.78 is 0. The molecule has 0 aliphatic rings. The SMILES string of the molecule is Cc1ccc(-c2nc(C)c(C)[nH]c2=O)s1. The van der Waals surface area contributed by atoms with E-state index in [9.17, 15) is 4.79 Å². The van der Waals surface area contributed by atoms with Crippen LogP contribution in [0.3, 0.4) is 0 Å². The second kappa shape index (κ2) is 3.62. The molecular formula is C11H12N2OS. The topological polar surface area (TPSA) is 45.8 Å². The molecule has 1 N–H and O–H groups in total. The van der Waals surface area contributed by atoms with Crippen molar-refractivity contribution in [2.24, 2.45) is 0 Å². The first-order chi connectivity index (χ1) is 7.08. The molecule has 0 atom stereocenters. The minimum absolute atomic E-state index is 0.111. The van der Waals surface area contributed by atoms with Gasteiger partial charge in [0.15, 0.2) is 0 Å². The number of nitrogens with one attached hydrogen (secondary N) is 1. The molecule has 0 radical (unpaired) electrons. The largest absolute Gasteiger partial charge is 0.323 e. The zero-order valence-corrected chi connectivity index (χ0v) is 9.73. The van der Waals surface area contributed by atoms with Crippen LogP contribution in [-0.4, -0.2) is 9.97 Å². The molecule has 2 heterocycles. The minimum atomic E-state index is -0.111. The lowest BCUT2D eigenvalue weighted by Crippen LogP contribution is -2.13. The smallest absolute Gasteiger partial charge is 0.275 e. The highest BCUT2D eigenvalue weighted by Crippen LogP contribution is 2.23. The molecule has 0 saturated heterocycles. The Morgan fingerprint density at radius 2 is 2.00 bits per heavy atom. The van der Waals surface area contributed by atoms with Crippen LogP contribution < -0.4 is 5.56 Å². The van der Waals surface area contributed by atoms with Crippen LogP contribution in [0.2, 0.25) is 0 Å². The summed E-state index contributed by atoms with van der Waals surface area (Å²) in [6.45, 7) is 5.77. The highest BCUT2D eigenvalue weighted by atomic mass is 32.1. The maximum atomic E-state index is 11.7. The number of hydrogen-bond donors (Lipinski definition) is 1. The Morgan fingerprint density at radius 3 is 2.60 bits per heavy atom. The molecule has 4 heteroatoms. The molecule has 0 aliphatic carbocycles. The Balaban J connectivity index is 2.63. The van der Waals surface area contributed by atoms with E-state index in [-0.39, 0.29) is 5.56 Å². The van der Waals surface area contributed by atoms with Crippen LogP contribution in [0.15, 0.2) is 16.9 Å². The van der Waals surface area contributed by atoms with Gasteiger partial charge in [-0.05, 0) is 32.9 Å². The zero-order chi connectivity index (χ0) is 11.0. The van der Waals surface area contributed by atoms with Crippen LogP contribution in [0, 0.1) is 20.8 Å². The monoisotopic (exact) mass is 220 g/mol. The molecule has 2 aromatic rings. The van der Waals surface area contributed by atoms with Crippen molar-refractivity contribution in [3.63, 3.8) is 0 Å². The van der Waals surface area contributed by atoms with Crippen LogP contribution in [-0.2, 0) is 0 Å². The van der Waals surface area contributed by atoms with Gasteiger partial charge in [0.2, 0.25) is 0 Å². The molecule has 2 rings (SSSR count). The van der Waals surface area contributed by atoms with E-state index in [4.69, 9.17) is 0 Å². The van der Waals surface area contributed by atoms with Crippen molar-refractivity contribution in [3.8, 4) is 10.6 Å². The molecule has 0 saturated carbocycles. The van der Waals surface area contributed by atoms with E-state index in [0.29, 0.717) is 5.69 Å². The average molecular weight is 220 g/mol. The molecule has 2 aromatic heterocycles. The predicted octanol–water partition coefficient (Wildman–Crippen LogP) is 2.42. The fourth-order valence-electron chi connectivity index (χ4n) is 1.35. The van der Waals surface area contributed by atoms with Gasteiger partial charge in [0.25, 0.3) is 5.56 Å². The lowest BCUT2D eigenvalue weighted by atomic mass is 10.3. The van der Waals surface area contributed by atoms with Gasteiger partial charge in [-0.2, -0.15) is 0 Å². The van der Waals surface area contributed by atoms with Gasteiger partial charge < -0.3 is 4.98 Å². The highest BCUT2D eigenvalue weighted by Gasteiger charge is 2.08. The summed E-state index contributed by atoms with van der Waals surface area (Å²) >= 11 is 1.59. The van der Waals surface area contributed by atoms with E-state index in [1.165, 1.54) is 4.88 Å². The fraction of sp³-hybridized carbons (Fsp3) is 0.273. The van der Waals surface area contributed by atoms with Crippen LogP contribution in [0.5, 0.6) is 0 Å². The van der Waals surface area contributed by atoms with Crippen molar-refractivity contribution in [1.82, 2.24) is 9.97 Å². The number of hydrogen-bond acceptors (Lipinski definition) is 3. The average Bonchev–Trinajstić information content (AvgIpc) is 2.58.